The Balaban J connectivity index is 1.77. The number of nitrogens with one attached hydrogen (secondary N) is 3. The van der Waals surface area contributed by atoms with Gasteiger partial charge in [-0.25, -0.2) is 14.6 Å². The zero-order valence-electron chi connectivity index (χ0n) is 15.3. The second-order valence-electron chi connectivity index (χ2n) is 6.15. The fraction of sp³-hybridized carbons (Fsp3) is 0.0526. The first-order chi connectivity index (χ1) is 14.5. The van der Waals surface area contributed by atoms with Crippen molar-refractivity contribution in [2.24, 2.45) is 0 Å². The van der Waals surface area contributed by atoms with Gasteiger partial charge in [0.05, 0.1) is 5.56 Å². The second kappa shape index (κ2) is 8.18. The van der Waals surface area contributed by atoms with Gasteiger partial charge in [-0.15, -0.1) is 0 Å². The largest absolute Gasteiger partial charge is 0.501 e. The first-order valence-corrected chi connectivity index (χ1v) is 8.47. The molecule has 1 aromatic heterocycles. The van der Waals surface area contributed by atoms with Crippen molar-refractivity contribution < 1.29 is 33.0 Å². The number of aromatic nitrogens is 2. The number of rotatable bonds is 4. The van der Waals surface area contributed by atoms with E-state index in [9.17, 15) is 32.7 Å². The van der Waals surface area contributed by atoms with E-state index in [4.69, 9.17) is 5.11 Å². The van der Waals surface area contributed by atoms with Gasteiger partial charge in [-0.3, -0.25) is 4.79 Å². The van der Waals surface area contributed by atoms with Crippen LogP contribution in [0.5, 0.6) is 5.75 Å². The van der Waals surface area contributed by atoms with Crippen molar-refractivity contribution in [3.63, 3.8) is 0 Å². The third-order valence-electron chi connectivity index (χ3n) is 3.96. The first kappa shape index (κ1) is 21.4. The Hall–Kier alpha value is -4.35. The number of carboxylic acids is 1. The molecule has 3 rings (SSSR count). The number of H-pyrrole nitrogens is 1. The minimum absolute atomic E-state index is 0.122. The number of urea groups is 1. The van der Waals surface area contributed by atoms with Crippen molar-refractivity contribution >= 4 is 23.4 Å². The molecule has 0 aliphatic rings. The Kier molecular flexibility index (Phi) is 5.64. The summed E-state index contributed by atoms with van der Waals surface area (Å²) in [5.74, 6) is -2.80. The fourth-order valence-corrected chi connectivity index (χ4v) is 2.53. The SMILES string of the molecule is O=C(Nc1ccc(C(F)(F)F)cc1)Nc1cccc(-c2nc(C(=O)O)c(O)c(=O)[nH]2)c1. The standard InChI is InChI=1S/C19H13F3N4O5/c20-19(21,22)10-4-6-11(7-5-10)23-18(31)24-12-3-1-2-9(8-12)15-25-13(17(29)30)14(27)16(28)26-15/h1-8,27H,(H,29,30)(H2,23,24,31)(H,25,26,28). The summed E-state index contributed by atoms with van der Waals surface area (Å²) >= 11 is 0. The average molecular weight is 434 g/mol. The van der Waals surface area contributed by atoms with E-state index >= 15 is 0 Å². The Labute approximate surface area is 171 Å². The highest BCUT2D eigenvalue weighted by Gasteiger charge is 2.30. The van der Waals surface area contributed by atoms with Gasteiger partial charge >= 0.3 is 18.2 Å². The van der Waals surface area contributed by atoms with Gasteiger partial charge in [0.2, 0.25) is 5.75 Å². The van der Waals surface area contributed by atoms with Crippen molar-refractivity contribution in [2.75, 3.05) is 10.6 Å². The van der Waals surface area contributed by atoms with E-state index in [1.807, 2.05) is 0 Å². The van der Waals surface area contributed by atoms with Crippen LogP contribution in [0.4, 0.5) is 29.3 Å². The van der Waals surface area contributed by atoms with Crippen LogP contribution in [-0.2, 0) is 6.18 Å². The topological polar surface area (TPSA) is 144 Å². The number of aromatic hydroxyl groups is 1. The lowest BCUT2D eigenvalue weighted by Crippen LogP contribution is -2.19. The van der Waals surface area contributed by atoms with Crippen molar-refractivity contribution in [3.8, 4) is 17.1 Å². The zero-order chi connectivity index (χ0) is 22.8. The molecule has 31 heavy (non-hydrogen) atoms. The number of alkyl halides is 3. The van der Waals surface area contributed by atoms with E-state index in [0.29, 0.717) is 0 Å². The highest BCUT2D eigenvalue weighted by Crippen LogP contribution is 2.30. The van der Waals surface area contributed by atoms with Crippen LogP contribution in [0.15, 0.2) is 53.3 Å². The molecule has 0 spiro atoms. The highest BCUT2D eigenvalue weighted by atomic mass is 19.4. The molecule has 0 unspecified atom stereocenters. The van der Waals surface area contributed by atoms with Crippen molar-refractivity contribution in [3.05, 3.63) is 70.1 Å². The van der Waals surface area contributed by atoms with Crippen LogP contribution in [0.3, 0.4) is 0 Å². The number of halogens is 3. The monoisotopic (exact) mass is 434 g/mol. The first-order valence-electron chi connectivity index (χ1n) is 8.47. The number of benzene rings is 2. The zero-order valence-corrected chi connectivity index (χ0v) is 15.3. The maximum atomic E-state index is 12.6. The van der Waals surface area contributed by atoms with E-state index in [1.165, 1.54) is 24.3 Å². The molecular formula is C19H13F3N4O5. The van der Waals surface area contributed by atoms with Gasteiger partial charge < -0.3 is 25.8 Å². The molecule has 0 radical (unpaired) electrons. The number of amides is 2. The van der Waals surface area contributed by atoms with Crippen LogP contribution in [-0.4, -0.2) is 32.2 Å². The molecule has 3 aromatic rings. The molecule has 9 nitrogen and oxygen atoms in total. The van der Waals surface area contributed by atoms with Crippen LogP contribution in [0.2, 0.25) is 0 Å². The average Bonchev–Trinajstić information content (AvgIpc) is 2.69. The summed E-state index contributed by atoms with van der Waals surface area (Å²) in [4.78, 5) is 40.9. The minimum atomic E-state index is -4.50. The molecule has 0 saturated heterocycles. The molecule has 0 aliphatic heterocycles. The quantitative estimate of drug-likeness (QED) is 0.425. The predicted molar refractivity (Wildman–Crippen MR) is 103 cm³/mol. The molecule has 0 fully saturated rings. The van der Waals surface area contributed by atoms with Crippen molar-refractivity contribution in [2.45, 2.75) is 6.18 Å². The van der Waals surface area contributed by atoms with E-state index in [-0.39, 0.29) is 22.8 Å². The maximum Gasteiger partial charge on any atom is 0.416 e. The highest BCUT2D eigenvalue weighted by molar-refractivity contribution is 6.00. The second-order valence-corrected chi connectivity index (χ2v) is 6.15. The predicted octanol–water partition coefficient (Wildman–Crippen LogP) is 3.50. The summed E-state index contributed by atoms with van der Waals surface area (Å²) in [5, 5.41) is 23.4. The normalized spacial score (nSPS) is 11.1. The molecule has 5 N–H and O–H groups in total. The third-order valence-corrected chi connectivity index (χ3v) is 3.96. The Bertz CT molecular complexity index is 1210. The lowest BCUT2D eigenvalue weighted by Gasteiger charge is -2.11. The molecule has 1 heterocycles. The molecular weight excluding hydrogens is 421 g/mol. The van der Waals surface area contributed by atoms with Gasteiger partial charge in [0.15, 0.2) is 5.69 Å². The molecule has 0 bridgehead atoms. The minimum Gasteiger partial charge on any atom is -0.501 e. The van der Waals surface area contributed by atoms with Crippen molar-refractivity contribution in [1.82, 2.24) is 9.97 Å². The van der Waals surface area contributed by atoms with E-state index in [0.717, 1.165) is 24.3 Å². The number of carbonyl (C=O) groups excluding carboxylic acids is 1. The van der Waals surface area contributed by atoms with Crippen LogP contribution in [0.25, 0.3) is 11.4 Å². The summed E-state index contributed by atoms with van der Waals surface area (Å²) in [6, 6.07) is 8.88. The Morgan fingerprint density at radius 2 is 1.65 bits per heavy atom. The van der Waals surface area contributed by atoms with E-state index < -0.39 is 40.7 Å². The lowest BCUT2D eigenvalue weighted by molar-refractivity contribution is -0.137. The van der Waals surface area contributed by atoms with Gasteiger partial charge in [-0.2, -0.15) is 13.2 Å². The van der Waals surface area contributed by atoms with E-state index in [1.54, 1.807) is 0 Å². The summed E-state index contributed by atoms with van der Waals surface area (Å²) in [6.07, 6.45) is -4.50. The summed E-state index contributed by atoms with van der Waals surface area (Å²) in [6.45, 7) is 0. The maximum absolute atomic E-state index is 12.6. The van der Waals surface area contributed by atoms with E-state index in [2.05, 4.69) is 20.6 Å². The molecule has 0 atom stereocenters. The number of carboxylic acid groups (broad SMARTS) is 1. The Morgan fingerprint density at radius 1 is 1.00 bits per heavy atom. The smallest absolute Gasteiger partial charge is 0.416 e. The molecule has 0 saturated carbocycles. The molecule has 160 valence electrons. The molecule has 12 heteroatoms. The lowest BCUT2D eigenvalue weighted by atomic mass is 10.2. The molecule has 2 amide bonds. The van der Waals surface area contributed by atoms with Crippen LogP contribution in [0.1, 0.15) is 16.1 Å². The summed E-state index contributed by atoms with van der Waals surface area (Å²) in [7, 11) is 0. The summed E-state index contributed by atoms with van der Waals surface area (Å²) in [5.41, 5.74) is -2.18. The number of carbonyl (C=O) groups is 2. The number of aromatic carboxylic acids is 1. The van der Waals surface area contributed by atoms with Crippen molar-refractivity contribution in [1.29, 1.82) is 0 Å². The van der Waals surface area contributed by atoms with Crippen LogP contribution >= 0.6 is 0 Å². The Morgan fingerprint density at radius 3 is 2.26 bits per heavy atom. The number of hydrogen-bond donors (Lipinski definition) is 5. The number of hydrogen-bond acceptors (Lipinski definition) is 5. The molecule has 0 aliphatic carbocycles. The van der Waals surface area contributed by atoms with Crippen LogP contribution < -0.4 is 16.2 Å². The number of nitrogens with zero attached hydrogens (tertiary/aromatic N) is 1. The third kappa shape index (κ3) is 4.98. The van der Waals surface area contributed by atoms with Crippen LogP contribution in [0, 0.1) is 0 Å². The van der Waals surface area contributed by atoms with Gasteiger partial charge in [0.1, 0.15) is 5.82 Å². The number of anilines is 2. The fourth-order valence-electron chi connectivity index (χ4n) is 2.53. The van der Waals surface area contributed by atoms with Gasteiger partial charge in [0, 0.05) is 16.9 Å². The number of aromatic amines is 1. The van der Waals surface area contributed by atoms with Gasteiger partial charge in [-0.05, 0) is 36.4 Å². The van der Waals surface area contributed by atoms with Gasteiger partial charge in [-0.1, -0.05) is 12.1 Å². The summed E-state index contributed by atoms with van der Waals surface area (Å²) < 4.78 is 37.8. The molecule has 2 aromatic carbocycles. The van der Waals surface area contributed by atoms with Gasteiger partial charge in [0.25, 0.3) is 5.56 Å².